The normalized spacial score (nSPS) is 55.6. The number of hydrogen-bond donors (Lipinski definition) is 10. The summed E-state index contributed by atoms with van der Waals surface area (Å²) < 4.78 is 21.7. The van der Waals surface area contributed by atoms with Crippen LogP contribution in [0.15, 0.2) is 0 Å². The molecule has 0 amide bonds. The van der Waals surface area contributed by atoms with Gasteiger partial charge in [0, 0.05) is 11.8 Å². The third kappa shape index (κ3) is 4.86. The van der Waals surface area contributed by atoms with Gasteiger partial charge in [-0.25, -0.2) is 0 Å². The highest BCUT2D eigenvalue weighted by Crippen LogP contribution is 2.42. The van der Waals surface area contributed by atoms with Crippen LogP contribution in [0.4, 0.5) is 0 Å². The van der Waals surface area contributed by atoms with E-state index in [4.69, 9.17) is 18.9 Å². The number of hydrogen-bond acceptors (Lipinski definition) is 14. The molecule has 0 aromatic heterocycles. The first-order chi connectivity index (χ1) is 16.1. The summed E-state index contributed by atoms with van der Waals surface area (Å²) in [4.78, 5) is 0. The van der Waals surface area contributed by atoms with E-state index in [1.165, 1.54) is 0 Å². The first-order valence-electron chi connectivity index (χ1n) is 11.3. The number of rotatable bonds is 7. The Labute approximate surface area is 194 Å². The fraction of sp³-hybridized carbons (Fsp3) is 1.00. The van der Waals surface area contributed by atoms with Crippen LogP contribution >= 0.6 is 0 Å². The van der Waals surface area contributed by atoms with Crippen molar-refractivity contribution in [3.8, 4) is 0 Å². The van der Waals surface area contributed by atoms with Crippen molar-refractivity contribution in [2.24, 2.45) is 11.8 Å². The molecular weight excluding hydrogens is 464 g/mol. The van der Waals surface area contributed by atoms with Gasteiger partial charge in [0.15, 0.2) is 6.29 Å². The highest BCUT2D eigenvalue weighted by Gasteiger charge is 2.60. The summed E-state index contributed by atoms with van der Waals surface area (Å²) in [6.45, 7) is -1.09. The predicted octanol–water partition coefficient (Wildman–Crippen LogP) is -6.23. The maximum Gasteiger partial charge on any atom is 0.186 e. The van der Waals surface area contributed by atoms with Crippen LogP contribution in [0.2, 0.25) is 0 Å². The Morgan fingerprint density at radius 1 is 0.588 bits per heavy atom. The van der Waals surface area contributed by atoms with E-state index >= 15 is 0 Å². The lowest BCUT2D eigenvalue weighted by Gasteiger charge is -2.43. The molecule has 0 unspecified atom stereocenters. The highest BCUT2D eigenvalue weighted by molar-refractivity contribution is 5.07. The van der Waals surface area contributed by atoms with Crippen molar-refractivity contribution in [1.29, 1.82) is 0 Å². The highest BCUT2D eigenvalue weighted by atomic mass is 16.7. The van der Waals surface area contributed by atoms with Crippen molar-refractivity contribution in [2.45, 2.75) is 92.1 Å². The van der Waals surface area contributed by atoms with Crippen LogP contribution < -0.4 is 0 Å². The summed E-state index contributed by atoms with van der Waals surface area (Å²) in [5.41, 5.74) is 0. The van der Waals surface area contributed by atoms with E-state index in [-0.39, 0.29) is 19.6 Å². The van der Waals surface area contributed by atoms with Crippen LogP contribution in [0, 0.1) is 11.8 Å². The molecule has 14 heteroatoms. The number of aliphatic hydroxyl groups is 10. The molecule has 14 nitrogen and oxygen atoms in total. The molecule has 0 aromatic carbocycles. The Morgan fingerprint density at radius 3 is 1.91 bits per heavy atom. The van der Waals surface area contributed by atoms with Crippen LogP contribution in [-0.4, -0.2) is 157 Å². The van der Waals surface area contributed by atoms with E-state index < -0.39 is 104 Å². The Balaban J connectivity index is 1.34. The van der Waals surface area contributed by atoms with E-state index in [9.17, 15) is 51.1 Å². The van der Waals surface area contributed by atoms with E-state index in [1.54, 1.807) is 0 Å². The van der Waals surface area contributed by atoms with Gasteiger partial charge in [0.1, 0.15) is 54.9 Å². The van der Waals surface area contributed by atoms with Crippen molar-refractivity contribution in [2.75, 3.05) is 19.8 Å². The molecule has 10 N–H and O–H groups in total. The summed E-state index contributed by atoms with van der Waals surface area (Å²) in [6, 6.07) is 0. The van der Waals surface area contributed by atoms with Gasteiger partial charge < -0.3 is 70.0 Å². The zero-order valence-electron chi connectivity index (χ0n) is 18.2. The fourth-order valence-electron chi connectivity index (χ4n) is 5.06. The van der Waals surface area contributed by atoms with Gasteiger partial charge >= 0.3 is 0 Å². The summed E-state index contributed by atoms with van der Waals surface area (Å²) in [7, 11) is 0. The molecule has 0 bridgehead atoms. The molecule has 4 rings (SSSR count). The molecule has 16 atom stereocenters. The first-order valence-corrected chi connectivity index (χ1v) is 11.3. The molecule has 2 aliphatic carbocycles. The second-order valence-electron chi connectivity index (χ2n) is 9.57. The molecule has 198 valence electrons. The monoisotopic (exact) mass is 498 g/mol. The molecule has 4 aliphatic rings. The molecule has 0 radical (unpaired) electrons. The number of ether oxygens (including phenoxy) is 4. The molecule has 0 spiro atoms. The molecule has 4 fully saturated rings. The zero-order valence-corrected chi connectivity index (χ0v) is 18.2. The summed E-state index contributed by atoms with van der Waals surface area (Å²) in [6.07, 6.45) is -18.0. The fourth-order valence-corrected chi connectivity index (χ4v) is 5.06. The summed E-state index contributed by atoms with van der Waals surface area (Å²) >= 11 is 0. The average molecular weight is 498 g/mol. The lowest BCUT2D eigenvalue weighted by molar-refractivity contribution is -0.307. The van der Waals surface area contributed by atoms with Gasteiger partial charge in [-0.3, -0.25) is 0 Å². The second kappa shape index (κ2) is 10.4. The minimum absolute atomic E-state index is 0.000236. The Morgan fingerprint density at radius 2 is 1.24 bits per heavy atom. The molecule has 0 aromatic rings. The Hall–Kier alpha value is -0.560. The topological polar surface area (TPSA) is 243 Å². The molecule has 2 saturated heterocycles. The van der Waals surface area contributed by atoms with Crippen molar-refractivity contribution in [3.63, 3.8) is 0 Å². The predicted molar refractivity (Wildman–Crippen MR) is 106 cm³/mol. The second-order valence-corrected chi connectivity index (χ2v) is 9.57. The van der Waals surface area contributed by atoms with Crippen molar-refractivity contribution < 1.29 is 70.0 Å². The third-order valence-corrected chi connectivity index (χ3v) is 7.38. The quantitative estimate of drug-likeness (QED) is 0.147. The maximum absolute atomic E-state index is 10.4. The number of fused-ring (bicyclic) bond motifs is 1. The molecule has 2 heterocycles. The van der Waals surface area contributed by atoms with Crippen LogP contribution in [0.3, 0.4) is 0 Å². The Kier molecular flexibility index (Phi) is 8.13. The number of epoxide rings is 1. The van der Waals surface area contributed by atoms with Gasteiger partial charge in [0.05, 0.1) is 44.2 Å². The third-order valence-electron chi connectivity index (χ3n) is 7.38. The Bertz CT molecular complexity index is 682. The van der Waals surface area contributed by atoms with E-state index in [0.717, 1.165) is 0 Å². The standard InChI is InChI=1S/C20H34O14/c21-2-8-12(25)15(28)17(30)20(33-8)32-3-5-1-7(11(24)13(26)9(5)22)31-4-6-10(23)14(27)16(29)19-18(6)34-19/h5-30H,1-4H2/t5-,6-,7+,8-,9-,10-,11-,12-,13+,14+,15+,16+,17+,18+,19-,20+/m1/s1. The van der Waals surface area contributed by atoms with Gasteiger partial charge in [-0.1, -0.05) is 0 Å². The average Bonchev–Trinajstić information content (AvgIpc) is 3.62. The van der Waals surface area contributed by atoms with Crippen LogP contribution in [0.25, 0.3) is 0 Å². The maximum atomic E-state index is 10.4. The zero-order chi connectivity index (χ0) is 24.9. The summed E-state index contributed by atoms with van der Waals surface area (Å²) in [5.74, 6) is -1.48. The smallest absolute Gasteiger partial charge is 0.186 e. The molecular formula is C20H34O14. The molecule has 2 saturated carbocycles. The van der Waals surface area contributed by atoms with Crippen LogP contribution in [0.5, 0.6) is 0 Å². The van der Waals surface area contributed by atoms with Crippen molar-refractivity contribution >= 4 is 0 Å². The minimum Gasteiger partial charge on any atom is -0.394 e. The summed E-state index contributed by atoms with van der Waals surface area (Å²) in [5, 5.41) is 100. The minimum atomic E-state index is -1.64. The van der Waals surface area contributed by atoms with Gasteiger partial charge in [-0.2, -0.15) is 0 Å². The SMILES string of the molecule is OC[C@H]1O[C@H](OC[C@H]2C[C@H](OC[C@@H]3[C@@H](O)[C@H](O)[C@H](O)[C@H]4O[C@@H]34)[C@@H](O)[C@@H](O)[C@@H]2O)[C@@H](O)[C@@H](O)[C@@H]1O. The lowest BCUT2D eigenvalue weighted by Crippen LogP contribution is -2.60. The van der Waals surface area contributed by atoms with Gasteiger partial charge in [-0.15, -0.1) is 0 Å². The van der Waals surface area contributed by atoms with Crippen LogP contribution in [-0.2, 0) is 18.9 Å². The molecule has 2 aliphatic heterocycles. The molecule has 34 heavy (non-hydrogen) atoms. The van der Waals surface area contributed by atoms with E-state index in [2.05, 4.69) is 0 Å². The first kappa shape index (κ1) is 26.5. The van der Waals surface area contributed by atoms with Crippen LogP contribution in [0.1, 0.15) is 6.42 Å². The van der Waals surface area contributed by atoms with Crippen molar-refractivity contribution in [3.05, 3.63) is 0 Å². The number of aliphatic hydroxyl groups excluding tert-OH is 10. The van der Waals surface area contributed by atoms with E-state index in [1.807, 2.05) is 0 Å². The van der Waals surface area contributed by atoms with Gasteiger partial charge in [0.2, 0.25) is 0 Å². The lowest BCUT2D eigenvalue weighted by atomic mass is 9.80. The largest absolute Gasteiger partial charge is 0.394 e. The van der Waals surface area contributed by atoms with Crippen molar-refractivity contribution in [1.82, 2.24) is 0 Å². The van der Waals surface area contributed by atoms with Gasteiger partial charge in [-0.05, 0) is 6.42 Å². The van der Waals surface area contributed by atoms with Gasteiger partial charge in [0.25, 0.3) is 0 Å². The van der Waals surface area contributed by atoms with E-state index in [0.29, 0.717) is 0 Å².